The van der Waals surface area contributed by atoms with Gasteiger partial charge in [0.25, 0.3) is 5.91 Å². The van der Waals surface area contributed by atoms with Crippen molar-refractivity contribution in [3.05, 3.63) is 59.7 Å². The van der Waals surface area contributed by atoms with Crippen LogP contribution in [0.5, 0.6) is 5.75 Å². The van der Waals surface area contributed by atoms with Gasteiger partial charge in [0.15, 0.2) is 0 Å². The highest BCUT2D eigenvalue weighted by Gasteiger charge is 2.36. The Balaban J connectivity index is 1.55. The van der Waals surface area contributed by atoms with Gasteiger partial charge in [-0.2, -0.15) is 0 Å². The molecular weight excluding hydrogens is 412 g/mol. The molecule has 1 unspecified atom stereocenters. The van der Waals surface area contributed by atoms with Crippen molar-refractivity contribution in [3.8, 4) is 5.75 Å². The number of amides is 4. The molecule has 168 valence electrons. The summed E-state index contributed by atoms with van der Waals surface area (Å²) in [7, 11) is 0. The van der Waals surface area contributed by atoms with E-state index in [1.54, 1.807) is 35.2 Å². The molecule has 0 aromatic heterocycles. The molecule has 32 heavy (non-hydrogen) atoms. The van der Waals surface area contributed by atoms with Crippen molar-refractivity contribution in [2.75, 3.05) is 24.6 Å². The first-order valence-corrected chi connectivity index (χ1v) is 10.3. The Morgan fingerprint density at radius 1 is 1.09 bits per heavy atom. The second kappa shape index (κ2) is 10.4. The lowest BCUT2D eigenvalue weighted by Gasteiger charge is -2.20. The van der Waals surface area contributed by atoms with Crippen LogP contribution >= 0.6 is 0 Å². The summed E-state index contributed by atoms with van der Waals surface area (Å²) in [6, 6.07) is 13.9. The van der Waals surface area contributed by atoms with Crippen LogP contribution in [0, 0.1) is 5.92 Å². The molecule has 1 atom stereocenters. The largest absolute Gasteiger partial charge is 0.492 e. The maximum Gasteiger partial charge on any atom is 0.251 e. The molecule has 4 amide bonds. The van der Waals surface area contributed by atoms with Crippen LogP contribution in [0.15, 0.2) is 48.5 Å². The van der Waals surface area contributed by atoms with Crippen LogP contribution < -0.4 is 26.0 Å². The molecule has 1 aliphatic rings. The Labute approximate surface area is 185 Å². The predicted molar refractivity (Wildman–Crippen MR) is 118 cm³/mol. The van der Waals surface area contributed by atoms with Crippen molar-refractivity contribution in [2.45, 2.75) is 19.9 Å². The van der Waals surface area contributed by atoms with E-state index in [1.807, 2.05) is 25.1 Å². The first kappa shape index (κ1) is 22.8. The molecule has 2 aromatic carbocycles. The number of carbonyl (C=O) groups is 4. The number of nitrogens with one attached hydrogen (secondary N) is 2. The Bertz CT molecular complexity index is 1010. The van der Waals surface area contributed by atoms with E-state index in [0.29, 0.717) is 23.6 Å². The summed E-state index contributed by atoms with van der Waals surface area (Å²) in [5, 5.41) is 5.26. The molecule has 0 saturated carbocycles. The molecule has 9 nitrogen and oxygen atoms in total. The van der Waals surface area contributed by atoms with Gasteiger partial charge in [-0.05, 0) is 36.8 Å². The number of primary amides is 1. The van der Waals surface area contributed by atoms with Crippen molar-refractivity contribution in [1.82, 2.24) is 10.6 Å². The highest BCUT2D eigenvalue weighted by molar-refractivity contribution is 6.01. The van der Waals surface area contributed by atoms with Gasteiger partial charge in [0.1, 0.15) is 5.75 Å². The predicted octanol–water partition coefficient (Wildman–Crippen LogP) is 0.970. The van der Waals surface area contributed by atoms with E-state index in [4.69, 9.17) is 10.5 Å². The molecule has 9 heteroatoms. The van der Waals surface area contributed by atoms with Crippen molar-refractivity contribution in [1.29, 1.82) is 0 Å². The number of para-hydroxylation sites is 2. The Kier molecular flexibility index (Phi) is 7.43. The lowest BCUT2D eigenvalue weighted by atomic mass is 10.1. The van der Waals surface area contributed by atoms with Gasteiger partial charge in [0.05, 0.1) is 24.8 Å². The van der Waals surface area contributed by atoms with Crippen molar-refractivity contribution >= 4 is 29.3 Å². The maximum absolute atomic E-state index is 12.6. The molecule has 0 radical (unpaired) electrons. The van der Waals surface area contributed by atoms with Crippen LogP contribution in [0.4, 0.5) is 5.69 Å². The summed E-state index contributed by atoms with van der Waals surface area (Å²) in [6.45, 7) is 2.67. The average molecular weight is 438 g/mol. The molecule has 1 saturated heterocycles. The maximum atomic E-state index is 12.6. The molecular formula is C23H26N4O5. The third-order valence-corrected chi connectivity index (χ3v) is 5.06. The van der Waals surface area contributed by atoms with E-state index in [1.165, 1.54) is 0 Å². The van der Waals surface area contributed by atoms with E-state index in [2.05, 4.69) is 10.6 Å². The van der Waals surface area contributed by atoms with Crippen LogP contribution in [0.3, 0.4) is 0 Å². The first-order chi connectivity index (χ1) is 15.4. The first-order valence-electron chi connectivity index (χ1n) is 10.3. The van der Waals surface area contributed by atoms with E-state index < -0.39 is 17.7 Å². The SMILES string of the molecule is CCOc1ccccc1N1CC(C(=O)NCc2ccc(C(=O)NCC(N)=O)cc2)CC1=O. The third-order valence-electron chi connectivity index (χ3n) is 5.06. The number of hydrogen-bond donors (Lipinski definition) is 3. The monoisotopic (exact) mass is 438 g/mol. The summed E-state index contributed by atoms with van der Waals surface area (Å²) in [4.78, 5) is 49.4. The summed E-state index contributed by atoms with van der Waals surface area (Å²) < 4.78 is 5.61. The minimum absolute atomic E-state index is 0.122. The summed E-state index contributed by atoms with van der Waals surface area (Å²) in [6.07, 6.45) is 0.130. The van der Waals surface area contributed by atoms with Crippen LogP contribution in [0.1, 0.15) is 29.3 Å². The zero-order chi connectivity index (χ0) is 23.1. The number of carbonyl (C=O) groups excluding carboxylic acids is 4. The van der Waals surface area contributed by atoms with Gasteiger partial charge >= 0.3 is 0 Å². The van der Waals surface area contributed by atoms with Crippen LogP contribution in [0.25, 0.3) is 0 Å². The molecule has 0 aliphatic carbocycles. The topological polar surface area (TPSA) is 131 Å². The number of ether oxygens (including phenoxy) is 1. The lowest BCUT2D eigenvalue weighted by molar-refractivity contribution is -0.126. The normalized spacial score (nSPS) is 15.3. The van der Waals surface area contributed by atoms with Crippen LogP contribution in [0.2, 0.25) is 0 Å². The smallest absolute Gasteiger partial charge is 0.251 e. The van der Waals surface area contributed by atoms with E-state index >= 15 is 0 Å². The number of anilines is 1. The molecule has 1 heterocycles. The third kappa shape index (κ3) is 5.63. The number of hydrogen-bond acceptors (Lipinski definition) is 5. The number of benzene rings is 2. The zero-order valence-corrected chi connectivity index (χ0v) is 17.8. The van der Waals surface area contributed by atoms with Gasteiger partial charge in [-0.1, -0.05) is 24.3 Å². The fourth-order valence-electron chi connectivity index (χ4n) is 3.45. The second-order valence-corrected chi connectivity index (χ2v) is 7.37. The van der Waals surface area contributed by atoms with Crippen molar-refractivity contribution in [3.63, 3.8) is 0 Å². The van der Waals surface area contributed by atoms with Gasteiger partial charge in [-0.3, -0.25) is 19.2 Å². The lowest BCUT2D eigenvalue weighted by Crippen LogP contribution is -2.33. The summed E-state index contributed by atoms with van der Waals surface area (Å²) in [5.74, 6) is -1.21. The van der Waals surface area contributed by atoms with E-state index in [0.717, 1.165) is 5.56 Å². The fourth-order valence-corrected chi connectivity index (χ4v) is 3.45. The van der Waals surface area contributed by atoms with Gasteiger partial charge in [0, 0.05) is 25.1 Å². The minimum atomic E-state index is -0.622. The van der Waals surface area contributed by atoms with E-state index in [9.17, 15) is 19.2 Å². The standard InChI is InChI=1S/C23H26N4O5/c1-2-32-19-6-4-3-5-18(19)27-14-17(11-21(27)29)23(31)25-12-15-7-9-16(10-8-15)22(30)26-13-20(24)28/h3-10,17H,2,11-14H2,1H3,(H2,24,28)(H,25,31)(H,26,30). The van der Waals surface area contributed by atoms with Crippen molar-refractivity contribution < 1.29 is 23.9 Å². The zero-order valence-electron chi connectivity index (χ0n) is 17.8. The quantitative estimate of drug-likeness (QED) is 0.537. The highest BCUT2D eigenvalue weighted by Crippen LogP contribution is 2.33. The average Bonchev–Trinajstić information content (AvgIpc) is 3.18. The van der Waals surface area contributed by atoms with Gasteiger partial charge in [-0.15, -0.1) is 0 Å². The van der Waals surface area contributed by atoms with Gasteiger partial charge in [-0.25, -0.2) is 0 Å². The highest BCUT2D eigenvalue weighted by atomic mass is 16.5. The van der Waals surface area contributed by atoms with Gasteiger partial charge in [0.2, 0.25) is 17.7 Å². The Hall–Kier alpha value is -3.88. The fraction of sp³-hybridized carbons (Fsp3) is 0.304. The number of rotatable bonds is 9. The Morgan fingerprint density at radius 3 is 2.50 bits per heavy atom. The van der Waals surface area contributed by atoms with E-state index in [-0.39, 0.29) is 37.9 Å². The second-order valence-electron chi connectivity index (χ2n) is 7.37. The molecule has 0 spiro atoms. The minimum Gasteiger partial charge on any atom is -0.492 e. The Morgan fingerprint density at radius 2 is 1.81 bits per heavy atom. The summed E-state index contributed by atoms with van der Waals surface area (Å²) in [5.41, 5.74) is 6.86. The molecule has 3 rings (SSSR count). The van der Waals surface area contributed by atoms with Crippen molar-refractivity contribution in [2.24, 2.45) is 11.7 Å². The summed E-state index contributed by atoms with van der Waals surface area (Å²) >= 11 is 0. The molecule has 2 aromatic rings. The molecule has 0 bridgehead atoms. The number of nitrogens with two attached hydrogens (primary N) is 1. The van der Waals surface area contributed by atoms with Gasteiger partial charge < -0.3 is 26.0 Å². The van der Waals surface area contributed by atoms with Crippen LogP contribution in [-0.4, -0.2) is 43.3 Å². The van der Waals surface area contributed by atoms with Crippen LogP contribution in [-0.2, 0) is 20.9 Å². The number of nitrogens with zero attached hydrogens (tertiary/aromatic N) is 1. The molecule has 4 N–H and O–H groups in total. The molecule has 1 aliphatic heterocycles. The molecule has 1 fully saturated rings.